The van der Waals surface area contributed by atoms with Crippen LogP contribution in [0.1, 0.15) is 64.7 Å². The molecule has 0 fully saturated rings. The first kappa shape index (κ1) is 32.6. The molecule has 3 atom stereocenters. The molecule has 3 unspecified atom stereocenters. The maximum Gasteiger partial charge on any atom is 0.360 e. The number of unbranched alkanes of at least 4 members (excludes halogenated alkanes) is 5. The molecule has 0 aromatic carbocycles. The molecular formula is C25H40N2O7S. The quantitative estimate of drug-likeness (QED) is 0.0255. The van der Waals surface area contributed by atoms with Gasteiger partial charge in [0.15, 0.2) is 0 Å². The van der Waals surface area contributed by atoms with Crippen LogP contribution >= 0.6 is 12.6 Å². The Morgan fingerprint density at radius 3 is 2.11 bits per heavy atom. The average molecular weight is 513 g/mol. The minimum absolute atomic E-state index is 0.139. The summed E-state index contributed by atoms with van der Waals surface area (Å²) in [6.45, 7) is 2.20. The number of ether oxygens (including phenoxy) is 1. The van der Waals surface area contributed by atoms with Gasteiger partial charge in [-0.2, -0.15) is 18.1 Å². The topological polar surface area (TPSA) is 145 Å². The summed E-state index contributed by atoms with van der Waals surface area (Å²) in [6, 6.07) is -2.45. The molecule has 0 rings (SSSR count). The Bertz CT molecular complexity index is 719. The second kappa shape index (κ2) is 22.1. The number of thiol groups is 1. The molecule has 0 saturated carbocycles. The van der Waals surface area contributed by atoms with Crippen LogP contribution in [0.25, 0.3) is 0 Å². The van der Waals surface area contributed by atoms with E-state index >= 15 is 0 Å². The average Bonchev–Trinajstić information content (AvgIpc) is 2.82. The summed E-state index contributed by atoms with van der Waals surface area (Å²) in [5.41, 5.74) is 1.65. The fraction of sp³-hybridized carbons (Fsp3) is 0.560. The van der Waals surface area contributed by atoms with Crippen molar-refractivity contribution in [3.63, 3.8) is 0 Å². The predicted octanol–water partition coefficient (Wildman–Crippen LogP) is 4.02. The smallest absolute Gasteiger partial charge is 0.360 e. The molecule has 9 nitrogen and oxygen atoms in total. The number of esters is 1. The summed E-state index contributed by atoms with van der Waals surface area (Å²) in [5, 5.41) is 29.8. The Hall–Kier alpha value is -2.40. The molecule has 0 radical (unpaired) electrons. The van der Waals surface area contributed by atoms with E-state index in [1.807, 2.05) is 30.4 Å². The molecule has 0 bridgehead atoms. The van der Waals surface area contributed by atoms with E-state index in [2.05, 4.69) is 43.1 Å². The van der Waals surface area contributed by atoms with E-state index < -0.39 is 36.2 Å². The van der Waals surface area contributed by atoms with Gasteiger partial charge in [-0.25, -0.2) is 4.79 Å². The summed E-state index contributed by atoms with van der Waals surface area (Å²) in [5.74, 6) is -4.01. The van der Waals surface area contributed by atoms with Gasteiger partial charge in [0.2, 0.25) is 0 Å². The second-order valence-electron chi connectivity index (χ2n) is 7.81. The zero-order valence-electron chi connectivity index (χ0n) is 20.3. The number of hydroxylamine groups is 1. The Labute approximate surface area is 213 Å². The summed E-state index contributed by atoms with van der Waals surface area (Å²) < 4.78 is 4.76. The van der Waals surface area contributed by atoms with Crippen molar-refractivity contribution in [1.82, 2.24) is 10.8 Å². The number of allylic oxidation sites excluding steroid dienone is 8. The molecule has 0 aliphatic rings. The third kappa shape index (κ3) is 17.7. The van der Waals surface area contributed by atoms with Crippen LogP contribution in [0.2, 0.25) is 0 Å². The molecule has 0 aromatic heterocycles. The molecule has 0 spiro atoms. The molecule has 198 valence electrons. The number of rotatable bonds is 21. The monoisotopic (exact) mass is 512 g/mol. The van der Waals surface area contributed by atoms with Crippen LogP contribution in [-0.2, 0) is 19.1 Å². The molecule has 0 aliphatic carbocycles. The maximum absolute atomic E-state index is 11.8. The van der Waals surface area contributed by atoms with Crippen molar-refractivity contribution in [3.05, 3.63) is 48.6 Å². The molecule has 0 aromatic rings. The van der Waals surface area contributed by atoms with Gasteiger partial charge in [0, 0.05) is 5.75 Å². The van der Waals surface area contributed by atoms with Crippen molar-refractivity contribution in [2.24, 2.45) is 0 Å². The van der Waals surface area contributed by atoms with Crippen LogP contribution in [0, 0.1) is 0 Å². The van der Waals surface area contributed by atoms with Crippen molar-refractivity contribution in [2.75, 3.05) is 5.75 Å². The van der Waals surface area contributed by atoms with E-state index in [9.17, 15) is 24.6 Å². The third-order valence-electron chi connectivity index (χ3n) is 4.86. The molecule has 0 aliphatic heterocycles. The molecular weight excluding hydrogens is 472 g/mol. The Morgan fingerprint density at radius 1 is 0.857 bits per heavy atom. The van der Waals surface area contributed by atoms with Crippen LogP contribution in [0.3, 0.4) is 0 Å². The van der Waals surface area contributed by atoms with E-state index in [-0.39, 0.29) is 12.2 Å². The summed E-state index contributed by atoms with van der Waals surface area (Å²) in [7, 11) is 0. The molecule has 10 heteroatoms. The number of carboxylic acids is 2. The maximum atomic E-state index is 11.8. The molecule has 5 N–H and O–H groups in total. The van der Waals surface area contributed by atoms with Crippen molar-refractivity contribution in [1.29, 1.82) is 0 Å². The largest absolute Gasteiger partial charge is 0.480 e. The number of carbonyl (C=O) groups is 3. The van der Waals surface area contributed by atoms with Gasteiger partial charge >= 0.3 is 17.9 Å². The summed E-state index contributed by atoms with van der Waals surface area (Å²) in [6.07, 6.45) is 22.3. The highest BCUT2D eigenvalue weighted by atomic mass is 32.1. The van der Waals surface area contributed by atoms with Gasteiger partial charge < -0.3 is 20.2 Å². The zero-order chi connectivity index (χ0) is 26.3. The number of hydrogen-bond acceptors (Lipinski definition) is 8. The number of carboxylic acid groups (broad SMARTS) is 2. The third-order valence-corrected chi connectivity index (χ3v) is 5.23. The van der Waals surface area contributed by atoms with Crippen LogP contribution in [-0.4, -0.2) is 57.4 Å². The van der Waals surface area contributed by atoms with Crippen LogP contribution < -0.4 is 10.8 Å². The van der Waals surface area contributed by atoms with E-state index in [1.165, 1.54) is 19.3 Å². The molecule has 0 amide bonds. The van der Waals surface area contributed by atoms with E-state index in [4.69, 9.17) is 9.94 Å². The lowest BCUT2D eigenvalue weighted by Crippen LogP contribution is -2.51. The lowest BCUT2D eigenvalue weighted by molar-refractivity contribution is -0.170. The van der Waals surface area contributed by atoms with Crippen molar-refractivity contribution in [3.8, 4) is 0 Å². The predicted molar refractivity (Wildman–Crippen MR) is 138 cm³/mol. The number of aliphatic carboxylic acids is 2. The van der Waals surface area contributed by atoms with Crippen LogP contribution in [0.4, 0.5) is 0 Å². The Kier molecular flexibility index (Phi) is 20.6. The van der Waals surface area contributed by atoms with Crippen LogP contribution in [0.5, 0.6) is 0 Å². The van der Waals surface area contributed by atoms with Crippen molar-refractivity contribution < 1.29 is 34.5 Å². The fourth-order valence-corrected chi connectivity index (χ4v) is 3.09. The Morgan fingerprint density at radius 2 is 1.51 bits per heavy atom. The molecule has 0 saturated heterocycles. The second-order valence-corrected chi connectivity index (χ2v) is 8.17. The van der Waals surface area contributed by atoms with Gasteiger partial charge in [0.1, 0.15) is 12.1 Å². The highest BCUT2D eigenvalue weighted by molar-refractivity contribution is 7.80. The van der Waals surface area contributed by atoms with Gasteiger partial charge in [-0.15, -0.1) is 0 Å². The Balaban J connectivity index is 4.30. The molecule has 35 heavy (non-hydrogen) atoms. The van der Waals surface area contributed by atoms with E-state index in [0.717, 1.165) is 19.3 Å². The SMILES string of the molecule is CCCCC/C=C/C/C=C/C=C/C=C/CCCCC(NC(OC(=O)C(CS)NO)C(=O)O)C(=O)O. The molecule has 0 heterocycles. The standard InChI is InChI=1S/C25H40N2O7S/c1-2-3-4-5-6-7-8-9-10-11-12-13-14-15-16-17-18-20(23(28)29)26-22(24(30)31)34-25(32)21(19-35)27-33/h6-7,9-14,20-22,26-27,33,35H,2-5,8,15-19H2,1H3,(H,28,29)(H,30,31)/b7-6+,10-9+,12-11+,14-13+. The first-order valence-corrected chi connectivity index (χ1v) is 12.6. The first-order valence-electron chi connectivity index (χ1n) is 11.9. The van der Waals surface area contributed by atoms with Gasteiger partial charge in [-0.05, 0) is 38.5 Å². The normalized spacial score (nSPS) is 14.7. The summed E-state index contributed by atoms with van der Waals surface area (Å²) >= 11 is 3.83. The fourth-order valence-electron chi connectivity index (χ4n) is 2.86. The summed E-state index contributed by atoms with van der Waals surface area (Å²) in [4.78, 5) is 34.7. The van der Waals surface area contributed by atoms with Crippen molar-refractivity contribution in [2.45, 2.75) is 83.0 Å². The highest BCUT2D eigenvalue weighted by Gasteiger charge is 2.30. The number of hydrogen-bond donors (Lipinski definition) is 6. The zero-order valence-corrected chi connectivity index (χ0v) is 21.2. The van der Waals surface area contributed by atoms with E-state index in [1.54, 1.807) is 5.48 Å². The van der Waals surface area contributed by atoms with E-state index in [0.29, 0.717) is 12.8 Å². The van der Waals surface area contributed by atoms with Gasteiger partial charge in [-0.3, -0.25) is 14.9 Å². The minimum atomic E-state index is -1.87. The number of carbonyl (C=O) groups excluding carboxylic acids is 1. The van der Waals surface area contributed by atoms with Gasteiger partial charge in [0.05, 0.1) is 0 Å². The first-order chi connectivity index (χ1) is 16.9. The minimum Gasteiger partial charge on any atom is -0.480 e. The lowest BCUT2D eigenvalue weighted by Gasteiger charge is -2.22. The van der Waals surface area contributed by atoms with Gasteiger partial charge in [-0.1, -0.05) is 74.8 Å². The van der Waals surface area contributed by atoms with Gasteiger partial charge in [0.25, 0.3) is 6.23 Å². The lowest BCUT2D eigenvalue weighted by atomic mass is 10.1. The van der Waals surface area contributed by atoms with Crippen molar-refractivity contribution >= 4 is 30.5 Å². The highest BCUT2D eigenvalue weighted by Crippen LogP contribution is 2.07. The van der Waals surface area contributed by atoms with Crippen LogP contribution in [0.15, 0.2) is 48.6 Å². The number of nitrogens with one attached hydrogen (secondary N) is 2.